The third-order valence-corrected chi connectivity index (χ3v) is 2.81. The molecule has 0 bridgehead atoms. The van der Waals surface area contributed by atoms with Crippen LogP contribution in [0.3, 0.4) is 0 Å². The zero-order chi connectivity index (χ0) is 13.8. The molecular formula is C12H13BrF3NO. The van der Waals surface area contributed by atoms with Crippen molar-refractivity contribution >= 4 is 21.7 Å². The van der Waals surface area contributed by atoms with E-state index in [0.29, 0.717) is 5.56 Å². The van der Waals surface area contributed by atoms with Crippen molar-refractivity contribution in [2.45, 2.75) is 12.6 Å². The van der Waals surface area contributed by atoms with Crippen LogP contribution >= 0.6 is 15.9 Å². The summed E-state index contributed by atoms with van der Waals surface area (Å²) in [4.78, 5) is 12.8. The maximum Gasteiger partial charge on any atom is 0.401 e. The van der Waals surface area contributed by atoms with Gasteiger partial charge >= 0.3 is 6.18 Å². The Morgan fingerprint density at radius 1 is 1.39 bits per heavy atom. The van der Waals surface area contributed by atoms with E-state index in [-0.39, 0.29) is 18.7 Å². The molecule has 0 aliphatic heterocycles. The molecule has 0 unspecified atom stereocenters. The molecule has 1 aromatic carbocycles. The van der Waals surface area contributed by atoms with Crippen LogP contribution in [-0.4, -0.2) is 37.0 Å². The Bertz CT molecular complexity index is 420. The van der Waals surface area contributed by atoms with E-state index in [2.05, 4.69) is 15.9 Å². The van der Waals surface area contributed by atoms with E-state index < -0.39 is 12.7 Å². The molecule has 0 saturated heterocycles. The lowest BCUT2D eigenvalue weighted by Crippen LogP contribution is -2.32. The van der Waals surface area contributed by atoms with Crippen LogP contribution in [0.25, 0.3) is 0 Å². The molecule has 1 aromatic rings. The van der Waals surface area contributed by atoms with Crippen LogP contribution in [0.2, 0.25) is 0 Å². The second-order valence-electron chi connectivity index (χ2n) is 4.04. The third-order valence-electron chi connectivity index (χ3n) is 2.32. The highest BCUT2D eigenvalue weighted by atomic mass is 79.9. The molecule has 0 saturated carbocycles. The van der Waals surface area contributed by atoms with Crippen LogP contribution in [0.5, 0.6) is 0 Å². The van der Waals surface area contributed by atoms with E-state index in [1.165, 1.54) is 7.05 Å². The second-order valence-corrected chi connectivity index (χ2v) is 4.95. The summed E-state index contributed by atoms with van der Waals surface area (Å²) in [7, 11) is 1.35. The molecule has 18 heavy (non-hydrogen) atoms. The molecule has 100 valence electrons. The van der Waals surface area contributed by atoms with Crippen LogP contribution in [0, 0.1) is 0 Å². The van der Waals surface area contributed by atoms with Gasteiger partial charge in [-0.15, -0.1) is 0 Å². The minimum absolute atomic E-state index is 0.0725. The standard InChI is InChI=1S/C12H13BrF3NO/c1-17(8-12(14,15)16)6-5-11(18)9-3-2-4-10(13)7-9/h2-4,7H,5-6,8H2,1H3. The van der Waals surface area contributed by atoms with E-state index in [0.717, 1.165) is 9.37 Å². The van der Waals surface area contributed by atoms with Crippen LogP contribution in [0.4, 0.5) is 13.2 Å². The van der Waals surface area contributed by atoms with Crippen LogP contribution in [-0.2, 0) is 0 Å². The first-order valence-electron chi connectivity index (χ1n) is 5.32. The molecule has 2 nitrogen and oxygen atoms in total. The smallest absolute Gasteiger partial charge is 0.298 e. The van der Waals surface area contributed by atoms with Gasteiger partial charge in [0.15, 0.2) is 5.78 Å². The van der Waals surface area contributed by atoms with Crippen molar-refractivity contribution in [3.8, 4) is 0 Å². The summed E-state index contributed by atoms with van der Waals surface area (Å²) < 4.78 is 37.0. The lowest BCUT2D eigenvalue weighted by atomic mass is 10.1. The molecular weight excluding hydrogens is 311 g/mol. The number of rotatable bonds is 5. The van der Waals surface area contributed by atoms with E-state index >= 15 is 0 Å². The van der Waals surface area contributed by atoms with Gasteiger partial charge < -0.3 is 0 Å². The van der Waals surface area contributed by atoms with Gasteiger partial charge in [0, 0.05) is 23.0 Å². The Labute approximate surface area is 112 Å². The minimum Gasteiger partial charge on any atom is -0.298 e. The highest BCUT2D eigenvalue weighted by Gasteiger charge is 2.29. The van der Waals surface area contributed by atoms with Crippen LogP contribution in [0.1, 0.15) is 16.8 Å². The summed E-state index contributed by atoms with van der Waals surface area (Å²) in [6.45, 7) is -0.913. The summed E-state index contributed by atoms with van der Waals surface area (Å²) in [6.07, 6.45) is -4.16. The van der Waals surface area contributed by atoms with E-state index in [1.54, 1.807) is 24.3 Å². The van der Waals surface area contributed by atoms with E-state index in [9.17, 15) is 18.0 Å². The summed E-state index contributed by atoms with van der Waals surface area (Å²) >= 11 is 3.24. The van der Waals surface area contributed by atoms with Gasteiger partial charge in [-0.25, -0.2) is 0 Å². The number of alkyl halides is 3. The number of carbonyl (C=O) groups is 1. The first kappa shape index (κ1) is 15.2. The Morgan fingerprint density at radius 3 is 2.61 bits per heavy atom. The monoisotopic (exact) mass is 323 g/mol. The van der Waals surface area contributed by atoms with Gasteiger partial charge in [0.1, 0.15) is 0 Å². The predicted molar refractivity (Wildman–Crippen MR) is 66.6 cm³/mol. The van der Waals surface area contributed by atoms with Gasteiger partial charge in [-0.1, -0.05) is 28.1 Å². The summed E-state index contributed by atoms with van der Waals surface area (Å²) in [5, 5.41) is 0. The normalized spacial score (nSPS) is 11.9. The Kier molecular flexibility index (Phi) is 5.34. The predicted octanol–water partition coefficient (Wildman–Crippen LogP) is 3.52. The molecule has 0 N–H and O–H groups in total. The molecule has 0 aliphatic rings. The van der Waals surface area contributed by atoms with Gasteiger partial charge in [0.2, 0.25) is 0 Å². The van der Waals surface area contributed by atoms with Crippen molar-refractivity contribution < 1.29 is 18.0 Å². The van der Waals surface area contributed by atoms with Crippen molar-refractivity contribution in [2.75, 3.05) is 20.1 Å². The number of carbonyl (C=O) groups excluding carboxylic acids is 1. The summed E-state index contributed by atoms with van der Waals surface area (Å²) in [5.41, 5.74) is 0.504. The second kappa shape index (κ2) is 6.33. The fraction of sp³-hybridized carbons (Fsp3) is 0.417. The third kappa shape index (κ3) is 5.64. The van der Waals surface area contributed by atoms with Crippen LogP contribution in [0.15, 0.2) is 28.7 Å². The topological polar surface area (TPSA) is 20.3 Å². The average molecular weight is 324 g/mol. The fourth-order valence-electron chi connectivity index (χ4n) is 1.48. The average Bonchev–Trinajstić information content (AvgIpc) is 2.23. The first-order chi connectivity index (χ1) is 8.28. The van der Waals surface area contributed by atoms with Gasteiger partial charge in [0.05, 0.1) is 6.54 Å². The molecule has 0 atom stereocenters. The maximum absolute atomic E-state index is 12.1. The Balaban J connectivity index is 2.47. The number of hydrogen-bond donors (Lipinski definition) is 0. The molecule has 0 spiro atoms. The van der Waals surface area contributed by atoms with Crippen molar-refractivity contribution in [1.82, 2.24) is 4.90 Å². The van der Waals surface area contributed by atoms with Gasteiger partial charge in [-0.2, -0.15) is 13.2 Å². The van der Waals surface area contributed by atoms with Crippen molar-refractivity contribution in [3.05, 3.63) is 34.3 Å². The van der Waals surface area contributed by atoms with Crippen molar-refractivity contribution in [1.29, 1.82) is 0 Å². The number of Topliss-reactive ketones (excluding diaryl/α,β-unsaturated/α-hetero) is 1. The van der Waals surface area contributed by atoms with Gasteiger partial charge in [-0.3, -0.25) is 9.69 Å². The molecule has 0 aliphatic carbocycles. The molecule has 6 heteroatoms. The zero-order valence-corrected chi connectivity index (χ0v) is 11.4. The largest absolute Gasteiger partial charge is 0.401 e. The summed E-state index contributed by atoms with van der Waals surface area (Å²) in [5.74, 6) is -0.162. The number of nitrogens with zero attached hydrogens (tertiary/aromatic N) is 1. The van der Waals surface area contributed by atoms with Gasteiger partial charge in [0.25, 0.3) is 0 Å². The van der Waals surface area contributed by atoms with Crippen LogP contribution < -0.4 is 0 Å². The molecule has 0 radical (unpaired) electrons. The van der Waals surface area contributed by atoms with E-state index in [1.807, 2.05) is 0 Å². The Morgan fingerprint density at radius 2 is 2.06 bits per heavy atom. The maximum atomic E-state index is 12.1. The first-order valence-corrected chi connectivity index (χ1v) is 6.11. The number of halogens is 4. The fourth-order valence-corrected chi connectivity index (χ4v) is 1.88. The van der Waals surface area contributed by atoms with Crippen molar-refractivity contribution in [3.63, 3.8) is 0 Å². The molecule has 0 aromatic heterocycles. The van der Waals surface area contributed by atoms with E-state index in [4.69, 9.17) is 0 Å². The number of hydrogen-bond acceptors (Lipinski definition) is 2. The molecule has 0 amide bonds. The summed E-state index contributed by atoms with van der Waals surface area (Å²) in [6, 6.07) is 6.81. The van der Waals surface area contributed by atoms with Gasteiger partial charge in [-0.05, 0) is 19.2 Å². The zero-order valence-electron chi connectivity index (χ0n) is 9.80. The number of ketones is 1. The lowest BCUT2D eigenvalue weighted by Gasteiger charge is -2.17. The highest BCUT2D eigenvalue weighted by molar-refractivity contribution is 9.10. The minimum atomic E-state index is -4.23. The van der Waals surface area contributed by atoms with Crippen molar-refractivity contribution in [2.24, 2.45) is 0 Å². The number of benzene rings is 1. The Hall–Kier alpha value is -0.880. The highest BCUT2D eigenvalue weighted by Crippen LogP contribution is 2.16. The molecule has 0 fully saturated rings. The quantitative estimate of drug-likeness (QED) is 0.773. The lowest BCUT2D eigenvalue weighted by molar-refractivity contribution is -0.142. The molecule has 1 rings (SSSR count). The molecule has 0 heterocycles. The SMILES string of the molecule is CN(CCC(=O)c1cccc(Br)c1)CC(F)(F)F.